The second kappa shape index (κ2) is 9.82. The topological polar surface area (TPSA) is 56.8 Å². The molecule has 0 aliphatic carbocycles. The van der Waals surface area contributed by atoms with Gasteiger partial charge in [-0.05, 0) is 35.9 Å². The van der Waals surface area contributed by atoms with E-state index < -0.39 is 0 Å². The maximum Gasteiger partial charge on any atom is 0.263 e. The first-order valence-corrected chi connectivity index (χ1v) is 10.1. The summed E-state index contributed by atoms with van der Waals surface area (Å²) in [6.45, 7) is 0.955. The molecule has 0 aromatic heterocycles. The molecule has 1 saturated heterocycles. The number of hydrogen-bond acceptors (Lipinski definition) is 6. The predicted octanol–water partition coefficient (Wildman–Crippen LogP) is 4.69. The minimum Gasteiger partial charge on any atom is -0.493 e. The number of benzene rings is 2. The Bertz CT molecular complexity index is 917. The lowest BCUT2D eigenvalue weighted by molar-refractivity contribution is -0.115. The van der Waals surface area contributed by atoms with E-state index in [2.05, 4.69) is 5.32 Å². The van der Waals surface area contributed by atoms with Crippen LogP contribution in [-0.4, -0.2) is 30.6 Å². The zero-order valence-electron chi connectivity index (χ0n) is 15.1. The molecule has 1 N–H and O–H groups in total. The first-order chi connectivity index (χ1) is 13.6. The van der Waals surface area contributed by atoms with Crippen molar-refractivity contribution in [2.45, 2.75) is 6.42 Å². The highest BCUT2D eigenvalue weighted by atomic mass is 35.5. The molecule has 2 aromatic rings. The standard InChI is InChI=1S/C20H18ClNO4S2/c1-24-17-11-13(12-18-19(23)22-20(27)28-18)7-8-16(17)26-10-4-9-25-15-6-3-2-5-14(15)21/h2-3,5-8,11-12H,4,9-10H2,1H3,(H,22,23,27). The zero-order chi connectivity index (χ0) is 19.9. The largest absolute Gasteiger partial charge is 0.493 e. The number of hydrogen-bond donors (Lipinski definition) is 1. The monoisotopic (exact) mass is 435 g/mol. The van der Waals surface area contributed by atoms with Crippen LogP contribution in [0.2, 0.25) is 5.02 Å². The highest BCUT2D eigenvalue weighted by Gasteiger charge is 2.22. The second-order valence-electron chi connectivity index (χ2n) is 5.74. The molecule has 5 nitrogen and oxygen atoms in total. The SMILES string of the molecule is COc1cc(C=C2SC(=S)NC2=O)ccc1OCCCOc1ccccc1Cl. The van der Waals surface area contributed by atoms with E-state index in [4.69, 9.17) is 38.0 Å². The third-order valence-electron chi connectivity index (χ3n) is 3.77. The fraction of sp³-hybridized carbons (Fsp3) is 0.200. The summed E-state index contributed by atoms with van der Waals surface area (Å²) in [5, 5.41) is 3.18. The third kappa shape index (κ3) is 5.41. The molecule has 1 aliphatic rings. The molecule has 0 spiro atoms. The quantitative estimate of drug-likeness (QED) is 0.369. The van der Waals surface area contributed by atoms with Crippen molar-refractivity contribution in [1.29, 1.82) is 0 Å². The van der Waals surface area contributed by atoms with Crippen molar-refractivity contribution in [3.05, 3.63) is 58.0 Å². The Kier molecular flexibility index (Phi) is 7.19. The summed E-state index contributed by atoms with van der Waals surface area (Å²) in [7, 11) is 1.58. The van der Waals surface area contributed by atoms with Crippen LogP contribution in [0.3, 0.4) is 0 Å². The lowest BCUT2D eigenvalue weighted by Gasteiger charge is -2.12. The summed E-state index contributed by atoms with van der Waals surface area (Å²) >= 11 is 12.3. The lowest BCUT2D eigenvalue weighted by Crippen LogP contribution is -2.17. The van der Waals surface area contributed by atoms with E-state index in [1.54, 1.807) is 19.3 Å². The number of amides is 1. The van der Waals surface area contributed by atoms with Crippen molar-refractivity contribution in [3.63, 3.8) is 0 Å². The van der Waals surface area contributed by atoms with Gasteiger partial charge in [0.05, 0.1) is 30.3 Å². The van der Waals surface area contributed by atoms with E-state index in [0.717, 1.165) is 5.56 Å². The van der Waals surface area contributed by atoms with E-state index in [9.17, 15) is 4.79 Å². The van der Waals surface area contributed by atoms with Gasteiger partial charge in [0, 0.05) is 6.42 Å². The normalized spacial score (nSPS) is 14.9. The minimum absolute atomic E-state index is 0.187. The molecule has 1 aliphatic heterocycles. The fourth-order valence-corrected chi connectivity index (χ4v) is 3.69. The Labute approximate surface area is 178 Å². The molecule has 0 radical (unpaired) electrons. The van der Waals surface area contributed by atoms with Crippen LogP contribution in [0.15, 0.2) is 47.4 Å². The van der Waals surface area contributed by atoms with Gasteiger partial charge in [0.1, 0.15) is 10.1 Å². The molecule has 1 heterocycles. The number of halogens is 1. The molecule has 146 valence electrons. The lowest BCUT2D eigenvalue weighted by atomic mass is 10.2. The number of thioether (sulfide) groups is 1. The molecule has 2 aromatic carbocycles. The average molecular weight is 436 g/mol. The molecule has 1 amide bonds. The Morgan fingerprint density at radius 3 is 2.54 bits per heavy atom. The van der Waals surface area contributed by atoms with Gasteiger partial charge >= 0.3 is 0 Å². The van der Waals surface area contributed by atoms with E-state index in [1.165, 1.54) is 11.8 Å². The molecule has 0 atom stereocenters. The number of methoxy groups -OCH3 is 1. The number of rotatable bonds is 8. The smallest absolute Gasteiger partial charge is 0.263 e. The van der Waals surface area contributed by atoms with Crippen molar-refractivity contribution < 1.29 is 19.0 Å². The Morgan fingerprint density at radius 2 is 1.86 bits per heavy atom. The molecular weight excluding hydrogens is 418 g/mol. The van der Waals surface area contributed by atoms with Crippen LogP contribution < -0.4 is 19.5 Å². The molecule has 3 rings (SSSR count). The van der Waals surface area contributed by atoms with E-state index in [-0.39, 0.29) is 5.91 Å². The van der Waals surface area contributed by atoms with E-state index in [1.807, 2.05) is 36.4 Å². The summed E-state index contributed by atoms with van der Waals surface area (Å²) in [5.41, 5.74) is 0.827. The maximum absolute atomic E-state index is 11.8. The van der Waals surface area contributed by atoms with Gasteiger partial charge in [-0.1, -0.05) is 53.8 Å². The average Bonchev–Trinajstić information content (AvgIpc) is 3.00. The number of para-hydroxylation sites is 1. The number of ether oxygens (including phenoxy) is 3. The van der Waals surface area contributed by atoms with Crippen molar-refractivity contribution in [1.82, 2.24) is 5.32 Å². The van der Waals surface area contributed by atoms with Crippen LogP contribution in [0.25, 0.3) is 6.08 Å². The van der Waals surface area contributed by atoms with Crippen LogP contribution in [0.4, 0.5) is 0 Å². The molecule has 0 unspecified atom stereocenters. The highest BCUT2D eigenvalue weighted by Crippen LogP contribution is 2.31. The van der Waals surface area contributed by atoms with Crippen LogP contribution in [0.5, 0.6) is 17.2 Å². The van der Waals surface area contributed by atoms with Crippen LogP contribution >= 0.6 is 35.6 Å². The molecule has 0 saturated carbocycles. The van der Waals surface area contributed by atoms with Gasteiger partial charge in [-0.25, -0.2) is 0 Å². The zero-order valence-corrected chi connectivity index (χ0v) is 17.5. The fourth-order valence-electron chi connectivity index (χ4n) is 2.45. The van der Waals surface area contributed by atoms with Crippen molar-refractivity contribution in [2.24, 2.45) is 0 Å². The van der Waals surface area contributed by atoms with Gasteiger partial charge in [-0.3, -0.25) is 4.79 Å². The highest BCUT2D eigenvalue weighted by molar-refractivity contribution is 8.26. The second-order valence-corrected chi connectivity index (χ2v) is 7.87. The van der Waals surface area contributed by atoms with Gasteiger partial charge in [0.25, 0.3) is 5.91 Å². The first kappa shape index (κ1) is 20.5. The summed E-state index contributed by atoms with van der Waals surface area (Å²) in [6, 6.07) is 12.8. The van der Waals surface area contributed by atoms with Crippen LogP contribution in [-0.2, 0) is 4.79 Å². The minimum atomic E-state index is -0.187. The van der Waals surface area contributed by atoms with Gasteiger partial charge in [-0.2, -0.15) is 0 Å². The maximum atomic E-state index is 11.8. The number of thiocarbonyl (C=S) groups is 1. The van der Waals surface area contributed by atoms with Crippen molar-refractivity contribution in [2.75, 3.05) is 20.3 Å². The van der Waals surface area contributed by atoms with Crippen molar-refractivity contribution >= 4 is 51.9 Å². The predicted molar refractivity (Wildman–Crippen MR) is 116 cm³/mol. The van der Waals surface area contributed by atoms with Gasteiger partial charge in [-0.15, -0.1) is 0 Å². The molecule has 1 fully saturated rings. The van der Waals surface area contributed by atoms with E-state index in [0.29, 0.717) is 51.1 Å². The van der Waals surface area contributed by atoms with Crippen LogP contribution in [0.1, 0.15) is 12.0 Å². The molecule has 0 bridgehead atoms. The summed E-state index contributed by atoms with van der Waals surface area (Å²) in [5.74, 6) is 1.69. The van der Waals surface area contributed by atoms with E-state index >= 15 is 0 Å². The van der Waals surface area contributed by atoms with Gasteiger partial charge in [0.2, 0.25) is 0 Å². The Balaban J connectivity index is 1.54. The first-order valence-electron chi connectivity index (χ1n) is 8.50. The molecule has 8 heteroatoms. The number of carbonyl (C=O) groups is 1. The Hall–Kier alpha value is -2.22. The third-order valence-corrected chi connectivity index (χ3v) is 5.24. The van der Waals surface area contributed by atoms with Crippen molar-refractivity contribution in [3.8, 4) is 17.2 Å². The molecule has 28 heavy (non-hydrogen) atoms. The van der Waals surface area contributed by atoms with Crippen LogP contribution in [0, 0.1) is 0 Å². The number of carbonyl (C=O) groups excluding carboxylic acids is 1. The summed E-state index contributed by atoms with van der Waals surface area (Å²) in [4.78, 5) is 12.3. The number of nitrogens with one attached hydrogen (secondary N) is 1. The van der Waals surface area contributed by atoms with Gasteiger partial charge in [0.15, 0.2) is 11.5 Å². The Morgan fingerprint density at radius 1 is 1.11 bits per heavy atom. The summed E-state index contributed by atoms with van der Waals surface area (Å²) < 4.78 is 17.3. The summed E-state index contributed by atoms with van der Waals surface area (Å²) in [6.07, 6.45) is 2.46. The molecular formula is C20H18ClNO4S2. The van der Waals surface area contributed by atoms with Gasteiger partial charge < -0.3 is 19.5 Å².